The molecule has 1 amide bonds. The summed E-state index contributed by atoms with van der Waals surface area (Å²) in [6.07, 6.45) is -4.42. The van der Waals surface area contributed by atoms with E-state index in [2.05, 4.69) is 5.32 Å². The zero-order valence-electron chi connectivity index (χ0n) is 11.2. The fourth-order valence-electron chi connectivity index (χ4n) is 1.82. The predicted molar refractivity (Wildman–Crippen MR) is 78.7 cm³/mol. The first-order valence-corrected chi connectivity index (χ1v) is 6.64. The quantitative estimate of drug-likeness (QED) is 0.889. The van der Waals surface area contributed by atoms with Crippen LogP contribution in [0.2, 0.25) is 5.02 Å². The summed E-state index contributed by atoms with van der Waals surface area (Å²) < 4.78 is 37.6. The molecule has 0 saturated heterocycles. The Balaban J connectivity index is 2.07. The van der Waals surface area contributed by atoms with Gasteiger partial charge in [0.2, 0.25) is 5.91 Å². The number of carbonyl (C=O) groups excluding carboxylic acids is 1. The number of hydrogen-bond acceptors (Lipinski definition) is 2. The summed E-state index contributed by atoms with van der Waals surface area (Å²) in [6, 6.07) is 9.67. The lowest BCUT2D eigenvalue weighted by molar-refractivity contribution is -0.137. The van der Waals surface area contributed by atoms with Crippen LogP contribution in [0.1, 0.15) is 21.5 Å². The standard InChI is InChI=1S/C15H12ClF3N2O/c16-12-7-11(15(17,18)19)5-6-13(12)21-8-9-1-3-10(4-2-9)14(20)22/h1-7,21H,8H2,(H2,20,22). The van der Waals surface area contributed by atoms with Crippen LogP contribution in [0.5, 0.6) is 0 Å². The van der Waals surface area contributed by atoms with Crippen molar-refractivity contribution in [2.45, 2.75) is 12.7 Å². The maximum absolute atomic E-state index is 12.5. The molecule has 7 heteroatoms. The second-order valence-corrected chi connectivity index (χ2v) is 5.01. The third kappa shape index (κ3) is 3.92. The Labute approximate surface area is 129 Å². The zero-order chi connectivity index (χ0) is 16.3. The van der Waals surface area contributed by atoms with E-state index >= 15 is 0 Å². The van der Waals surface area contributed by atoms with Crippen molar-refractivity contribution in [1.82, 2.24) is 0 Å². The van der Waals surface area contributed by atoms with Crippen molar-refractivity contribution in [3.63, 3.8) is 0 Å². The molecule has 0 aromatic heterocycles. The molecule has 2 aromatic rings. The predicted octanol–water partition coefficient (Wildman–Crippen LogP) is 4.07. The Kier molecular flexibility index (Phi) is 4.61. The number of hydrogen-bond donors (Lipinski definition) is 2. The van der Waals surface area contributed by atoms with E-state index in [1.807, 2.05) is 0 Å². The normalized spacial score (nSPS) is 11.3. The first-order valence-electron chi connectivity index (χ1n) is 6.27. The molecule has 0 fully saturated rings. The number of nitrogens with one attached hydrogen (secondary N) is 1. The van der Waals surface area contributed by atoms with Crippen molar-refractivity contribution in [3.05, 3.63) is 64.2 Å². The first kappa shape index (κ1) is 16.2. The molecular formula is C15H12ClF3N2O. The molecule has 0 aliphatic rings. The Morgan fingerprint density at radius 3 is 2.27 bits per heavy atom. The molecule has 0 heterocycles. The summed E-state index contributed by atoms with van der Waals surface area (Å²) in [6.45, 7) is 0.351. The number of halogens is 4. The highest BCUT2D eigenvalue weighted by molar-refractivity contribution is 6.33. The molecule has 3 N–H and O–H groups in total. The summed E-state index contributed by atoms with van der Waals surface area (Å²) in [5, 5.41) is 2.93. The molecule has 2 aromatic carbocycles. The van der Waals surface area contributed by atoms with E-state index in [0.717, 1.165) is 17.7 Å². The van der Waals surface area contributed by atoms with Gasteiger partial charge in [-0.15, -0.1) is 0 Å². The molecule has 3 nitrogen and oxygen atoms in total. The van der Waals surface area contributed by atoms with Crippen molar-refractivity contribution in [2.24, 2.45) is 5.73 Å². The Bertz CT molecular complexity index is 684. The van der Waals surface area contributed by atoms with Crippen LogP contribution in [0.4, 0.5) is 18.9 Å². The van der Waals surface area contributed by atoms with Crippen molar-refractivity contribution in [1.29, 1.82) is 0 Å². The fraction of sp³-hybridized carbons (Fsp3) is 0.133. The number of alkyl halides is 3. The minimum Gasteiger partial charge on any atom is -0.380 e. The average molecular weight is 329 g/mol. The maximum atomic E-state index is 12.5. The average Bonchev–Trinajstić information content (AvgIpc) is 2.45. The number of anilines is 1. The van der Waals surface area contributed by atoms with E-state index in [4.69, 9.17) is 17.3 Å². The van der Waals surface area contributed by atoms with E-state index in [-0.39, 0.29) is 5.02 Å². The molecule has 0 aliphatic heterocycles. The van der Waals surface area contributed by atoms with Gasteiger partial charge in [0.1, 0.15) is 0 Å². The van der Waals surface area contributed by atoms with Gasteiger partial charge >= 0.3 is 6.18 Å². The van der Waals surface area contributed by atoms with Gasteiger partial charge in [0.15, 0.2) is 0 Å². The molecule has 0 aliphatic carbocycles. The van der Waals surface area contributed by atoms with E-state index in [0.29, 0.717) is 17.8 Å². The van der Waals surface area contributed by atoms with Gasteiger partial charge in [0, 0.05) is 12.1 Å². The van der Waals surface area contributed by atoms with Gasteiger partial charge in [-0.2, -0.15) is 13.2 Å². The highest BCUT2D eigenvalue weighted by Gasteiger charge is 2.30. The third-order valence-electron chi connectivity index (χ3n) is 3.02. The molecule has 0 atom stereocenters. The van der Waals surface area contributed by atoms with Gasteiger partial charge in [-0.1, -0.05) is 23.7 Å². The van der Waals surface area contributed by atoms with Crippen LogP contribution in [-0.2, 0) is 12.7 Å². The lowest BCUT2D eigenvalue weighted by Gasteiger charge is -2.12. The number of carbonyl (C=O) groups is 1. The van der Waals surface area contributed by atoms with Gasteiger partial charge in [-0.05, 0) is 35.9 Å². The van der Waals surface area contributed by atoms with E-state index in [1.165, 1.54) is 6.07 Å². The van der Waals surface area contributed by atoms with Crippen LogP contribution in [0, 0.1) is 0 Å². The van der Waals surface area contributed by atoms with E-state index < -0.39 is 17.6 Å². The van der Waals surface area contributed by atoms with Gasteiger partial charge in [0.05, 0.1) is 16.3 Å². The molecule has 2 rings (SSSR count). The Morgan fingerprint density at radius 2 is 1.77 bits per heavy atom. The van der Waals surface area contributed by atoms with Crippen molar-refractivity contribution in [2.75, 3.05) is 5.32 Å². The van der Waals surface area contributed by atoms with E-state index in [1.54, 1.807) is 24.3 Å². The lowest BCUT2D eigenvalue weighted by atomic mass is 10.1. The van der Waals surface area contributed by atoms with Gasteiger partial charge in [-0.25, -0.2) is 0 Å². The molecule has 0 bridgehead atoms. The molecule has 116 valence electrons. The SMILES string of the molecule is NC(=O)c1ccc(CNc2ccc(C(F)(F)F)cc2Cl)cc1. The third-order valence-corrected chi connectivity index (χ3v) is 3.33. The monoisotopic (exact) mass is 328 g/mol. The molecular weight excluding hydrogens is 317 g/mol. The minimum absolute atomic E-state index is 0.0106. The number of rotatable bonds is 4. The highest BCUT2D eigenvalue weighted by atomic mass is 35.5. The summed E-state index contributed by atoms with van der Waals surface area (Å²) >= 11 is 5.84. The highest BCUT2D eigenvalue weighted by Crippen LogP contribution is 2.33. The summed E-state index contributed by atoms with van der Waals surface area (Å²) in [4.78, 5) is 10.9. The summed E-state index contributed by atoms with van der Waals surface area (Å²) in [7, 11) is 0. The zero-order valence-corrected chi connectivity index (χ0v) is 12.0. The van der Waals surface area contributed by atoms with Crippen LogP contribution in [0.25, 0.3) is 0 Å². The van der Waals surface area contributed by atoms with Crippen LogP contribution in [0.3, 0.4) is 0 Å². The van der Waals surface area contributed by atoms with Gasteiger partial charge < -0.3 is 11.1 Å². The fourth-order valence-corrected chi connectivity index (χ4v) is 2.07. The topological polar surface area (TPSA) is 55.1 Å². The number of primary amides is 1. The first-order chi connectivity index (χ1) is 10.3. The molecule has 0 unspecified atom stereocenters. The summed E-state index contributed by atoms with van der Waals surface area (Å²) in [5.74, 6) is -0.523. The van der Waals surface area contributed by atoms with E-state index in [9.17, 15) is 18.0 Å². The van der Waals surface area contributed by atoms with Crippen molar-refractivity contribution in [3.8, 4) is 0 Å². The second kappa shape index (κ2) is 6.27. The van der Waals surface area contributed by atoms with Crippen LogP contribution >= 0.6 is 11.6 Å². The van der Waals surface area contributed by atoms with Crippen molar-refractivity contribution < 1.29 is 18.0 Å². The van der Waals surface area contributed by atoms with Crippen LogP contribution in [-0.4, -0.2) is 5.91 Å². The maximum Gasteiger partial charge on any atom is 0.416 e. The summed E-state index contributed by atoms with van der Waals surface area (Å²) in [5.41, 5.74) is 5.95. The molecule has 0 saturated carbocycles. The number of amides is 1. The largest absolute Gasteiger partial charge is 0.416 e. The lowest BCUT2D eigenvalue weighted by Crippen LogP contribution is -2.11. The van der Waals surface area contributed by atoms with Gasteiger partial charge in [-0.3, -0.25) is 4.79 Å². The molecule has 0 spiro atoms. The number of benzene rings is 2. The van der Waals surface area contributed by atoms with Crippen LogP contribution in [0.15, 0.2) is 42.5 Å². The smallest absolute Gasteiger partial charge is 0.380 e. The number of nitrogens with two attached hydrogens (primary N) is 1. The van der Waals surface area contributed by atoms with Crippen LogP contribution < -0.4 is 11.1 Å². The van der Waals surface area contributed by atoms with Crippen molar-refractivity contribution >= 4 is 23.2 Å². The molecule has 0 radical (unpaired) electrons. The van der Waals surface area contributed by atoms with Gasteiger partial charge in [0.25, 0.3) is 0 Å². The Hall–Kier alpha value is -2.21. The Morgan fingerprint density at radius 1 is 1.14 bits per heavy atom. The second-order valence-electron chi connectivity index (χ2n) is 4.61. The minimum atomic E-state index is -4.42. The molecule has 22 heavy (non-hydrogen) atoms.